The molecule has 9 nitrogen and oxygen atoms in total. The Hall–Kier alpha value is -3.16. The molecule has 1 fully saturated rings. The summed E-state index contributed by atoms with van der Waals surface area (Å²) in [6.07, 6.45) is 2.20. The molecule has 0 spiro atoms. The number of nitriles is 1. The molecule has 0 aromatic heterocycles. The highest BCUT2D eigenvalue weighted by Gasteiger charge is 2.15. The fourth-order valence-corrected chi connectivity index (χ4v) is 4.20. The first-order valence-corrected chi connectivity index (χ1v) is 12.5. The SMILES string of the molecule is COc1cc(NC(=O)/C(C#N)=C/Nc2ccc(OC)c(OCCCN3CCN(C)CC3)c2)c(Cl)cc1Cl. The zero-order chi connectivity index (χ0) is 26.8. The fourth-order valence-electron chi connectivity index (χ4n) is 3.70. The minimum Gasteiger partial charge on any atom is -0.495 e. The largest absolute Gasteiger partial charge is 0.495 e. The predicted molar refractivity (Wildman–Crippen MR) is 146 cm³/mol. The van der Waals surface area contributed by atoms with Gasteiger partial charge in [0.2, 0.25) is 0 Å². The van der Waals surface area contributed by atoms with Crippen molar-refractivity contribution in [1.82, 2.24) is 9.80 Å². The van der Waals surface area contributed by atoms with Crippen LogP contribution in [0.15, 0.2) is 42.1 Å². The molecule has 1 heterocycles. The lowest BCUT2D eigenvalue weighted by atomic mass is 10.2. The molecule has 3 rings (SSSR count). The second kappa shape index (κ2) is 14.0. The normalized spacial score (nSPS) is 14.5. The van der Waals surface area contributed by atoms with Crippen LogP contribution in [0, 0.1) is 11.3 Å². The van der Waals surface area contributed by atoms with Crippen molar-refractivity contribution in [3.63, 3.8) is 0 Å². The third-order valence-corrected chi connectivity index (χ3v) is 6.48. The molecule has 1 saturated heterocycles. The van der Waals surface area contributed by atoms with Gasteiger partial charge in [-0.3, -0.25) is 4.79 Å². The molecule has 0 unspecified atom stereocenters. The smallest absolute Gasteiger partial charge is 0.267 e. The van der Waals surface area contributed by atoms with Crippen molar-refractivity contribution >= 4 is 40.5 Å². The number of benzene rings is 2. The van der Waals surface area contributed by atoms with Crippen LogP contribution in [0.4, 0.5) is 11.4 Å². The summed E-state index contributed by atoms with van der Waals surface area (Å²) < 4.78 is 16.6. The Kier molecular flexibility index (Phi) is 10.7. The molecular formula is C26H31Cl2N5O4. The van der Waals surface area contributed by atoms with Crippen molar-refractivity contribution in [1.29, 1.82) is 5.26 Å². The maximum atomic E-state index is 12.7. The standard InChI is InChI=1S/C26H31Cl2N5O4/c1-32-8-10-33(11-9-32)7-4-12-37-25-13-19(5-6-23(25)35-2)30-17-18(16-29)26(34)31-22-15-24(36-3)21(28)14-20(22)27/h5-6,13-15,17,30H,4,7-12H2,1-3H3,(H,31,34)/b18-17+. The number of hydrogen-bond acceptors (Lipinski definition) is 8. The molecule has 1 amide bonds. The van der Waals surface area contributed by atoms with Crippen molar-refractivity contribution < 1.29 is 19.0 Å². The number of amides is 1. The molecule has 0 radical (unpaired) electrons. The van der Waals surface area contributed by atoms with E-state index in [4.69, 9.17) is 37.4 Å². The van der Waals surface area contributed by atoms with Crippen LogP contribution in [-0.4, -0.2) is 76.3 Å². The number of halogens is 2. The maximum Gasteiger partial charge on any atom is 0.267 e. The van der Waals surface area contributed by atoms with Gasteiger partial charge < -0.3 is 34.6 Å². The molecule has 2 aromatic carbocycles. The lowest BCUT2D eigenvalue weighted by molar-refractivity contribution is -0.112. The predicted octanol–water partition coefficient (Wildman–Crippen LogP) is 4.48. The minimum atomic E-state index is -0.643. The first-order chi connectivity index (χ1) is 17.8. The minimum absolute atomic E-state index is 0.157. The molecular weight excluding hydrogens is 517 g/mol. The molecule has 2 N–H and O–H groups in total. The van der Waals surface area contributed by atoms with E-state index >= 15 is 0 Å². The van der Waals surface area contributed by atoms with Crippen molar-refractivity contribution in [2.45, 2.75) is 6.42 Å². The van der Waals surface area contributed by atoms with Gasteiger partial charge in [-0.2, -0.15) is 5.26 Å². The molecule has 1 aliphatic heterocycles. The van der Waals surface area contributed by atoms with E-state index < -0.39 is 5.91 Å². The number of hydrogen-bond donors (Lipinski definition) is 2. The van der Waals surface area contributed by atoms with Gasteiger partial charge in [0.1, 0.15) is 17.4 Å². The average Bonchev–Trinajstić information content (AvgIpc) is 2.89. The summed E-state index contributed by atoms with van der Waals surface area (Å²) in [6.45, 7) is 5.81. The summed E-state index contributed by atoms with van der Waals surface area (Å²) in [5.41, 5.74) is 0.739. The first kappa shape index (κ1) is 28.4. The molecule has 2 aromatic rings. The van der Waals surface area contributed by atoms with Gasteiger partial charge in [-0.1, -0.05) is 23.2 Å². The van der Waals surface area contributed by atoms with Crippen LogP contribution < -0.4 is 24.8 Å². The number of nitrogens with zero attached hydrogens (tertiary/aromatic N) is 3. The molecule has 0 saturated carbocycles. The number of likely N-dealkylation sites (N-methyl/N-ethyl adjacent to an activating group) is 1. The van der Waals surface area contributed by atoms with Gasteiger partial charge in [0.05, 0.1) is 36.6 Å². The van der Waals surface area contributed by atoms with Crippen LogP contribution in [0.3, 0.4) is 0 Å². The van der Waals surface area contributed by atoms with E-state index in [1.807, 2.05) is 6.07 Å². The van der Waals surface area contributed by atoms with Crippen molar-refractivity contribution in [2.24, 2.45) is 0 Å². The highest BCUT2D eigenvalue weighted by Crippen LogP contribution is 2.34. The van der Waals surface area contributed by atoms with Gasteiger partial charge in [0.15, 0.2) is 11.5 Å². The zero-order valence-corrected chi connectivity index (χ0v) is 22.7. The van der Waals surface area contributed by atoms with Crippen LogP contribution in [0.1, 0.15) is 6.42 Å². The van der Waals surface area contributed by atoms with E-state index in [0.717, 1.165) is 39.1 Å². The number of piperazine rings is 1. The van der Waals surface area contributed by atoms with Gasteiger partial charge >= 0.3 is 0 Å². The van der Waals surface area contributed by atoms with Gasteiger partial charge in [-0.05, 0) is 31.7 Å². The summed E-state index contributed by atoms with van der Waals surface area (Å²) in [4.78, 5) is 17.4. The van der Waals surface area contributed by atoms with Crippen LogP contribution in [0.5, 0.6) is 17.2 Å². The van der Waals surface area contributed by atoms with Crippen LogP contribution >= 0.6 is 23.2 Å². The van der Waals surface area contributed by atoms with Crippen molar-refractivity contribution in [3.8, 4) is 23.3 Å². The van der Waals surface area contributed by atoms with E-state index in [2.05, 4.69) is 27.5 Å². The van der Waals surface area contributed by atoms with Crippen molar-refractivity contribution in [3.05, 3.63) is 52.2 Å². The highest BCUT2D eigenvalue weighted by atomic mass is 35.5. The van der Waals surface area contributed by atoms with Crippen LogP contribution in [-0.2, 0) is 4.79 Å². The Bertz CT molecular complexity index is 1160. The molecule has 37 heavy (non-hydrogen) atoms. The summed E-state index contributed by atoms with van der Waals surface area (Å²) in [5, 5.41) is 15.6. The average molecular weight is 548 g/mol. The summed E-state index contributed by atoms with van der Waals surface area (Å²) in [5.74, 6) is 0.868. The first-order valence-electron chi connectivity index (χ1n) is 11.8. The summed E-state index contributed by atoms with van der Waals surface area (Å²) in [6, 6.07) is 10.1. The summed E-state index contributed by atoms with van der Waals surface area (Å²) in [7, 11) is 5.17. The zero-order valence-electron chi connectivity index (χ0n) is 21.1. The Balaban J connectivity index is 1.60. The molecule has 0 atom stereocenters. The number of rotatable bonds is 11. The molecule has 0 bridgehead atoms. The molecule has 0 aliphatic carbocycles. The van der Waals surface area contributed by atoms with E-state index in [-0.39, 0.29) is 16.3 Å². The number of carbonyl (C=O) groups excluding carboxylic acids is 1. The Labute approximate surface area is 227 Å². The molecule has 1 aliphatic rings. The van der Waals surface area contributed by atoms with Crippen molar-refractivity contribution in [2.75, 3.05) is 71.2 Å². The maximum absolute atomic E-state index is 12.7. The highest BCUT2D eigenvalue weighted by molar-refractivity contribution is 6.37. The van der Waals surface area contributed by atoms with Crippen LogP contribution in [0.25, 0.3) is 0 Å². The van der Waals surface area contributed by atoms with Gasteiger partial charge in [0.25, 0.3) is 5.91 Å². The van der Waals surface area contributed by atoms with Gasteiger partial charge in [-0.15, -0.1) is 0 Å². The number of carbonyl (C=O) groups is 1. The van der Waals surface area contributed by atoms with E-state index in [1.54, 1.807) is 25.3 Å². The van der Waals surface area contributed by atoms with E-state index in [0.29, 0.717) is 34.6 Å². The monoisotopic (exact) mass is 547 g/mol. The Morgan fingerprint density at radius 1 is 1.05 bits per heavy atom. The second-order valence-corrected chi connectivity index (χ2v) is 9.26. The number of nitrogens with one attached hydrogen (secondary N) is 2. The second-order valence-electron chi connectivity index (χ2n) is 8.45. The third kappa shape index (κ3) is 8.17. The quantitative estimate of drug-likeness (QED) is 0.241. The van der Waals surface area contributed by atoms with E-state index in [1.165, 1.54) is 25.4 Å². The Morgan fingerprint density at radius 2 is 1.78 bits per heavy atom. The van der Waals surface area contributed by atoms with Crippen LogP contribution in [0.2, 0.25) is 10.0 Å². The lowest BCUT2D eigenvalue weighted by Crippen LogP contribution is -2.44. The number of methoxy groups -OCH3 is 2. The number of anilines is 2. The number of ether oxygens (including phenoxy) is 3. The third-order valence-electron chi connectivity index (χ3n) is 5.87. The summed E-state index contributed by atoms with van der Waals surface area (Å²) >= 11 is 12.2. The van der Waals surface area contributed by atoms with E-state index in [9.17, 15) is 10.1 Å². The Morgan fingerprint density at radius 3 is 2.46 bits per heavy atom. The topological polar surface area (TPSA) is 99.1 Å². The fraction of sp³-hybridized carbons (Fsp3) is 0.385. The molecule has 198 valence electrons. The van der Waals surface area contributed by atoms with Gasteiger partial charge in [-0.25, -0.2) is 0 Å². The molecule has 11 heteroatoms. The lowest BCUT2D eigenvalue weighted by Gasteiger charge is -2.32. The van der Waals surface area contributed by atoms with Gasteiger partial charge in [0, 0.05) is 56.7 Å².